The lowest BCUT2D eigenvalue weighted by Crippen LogP contribution is -2.19. The summed E-state index contributed by atoms with van der Waals surface area (Å²) in [7, 11) is 0. The highest BCUT2D eigenvalue weighted by Gasteiger charge is 2.20. The lowest BCUT2D eigenvalue weighted by molar-refractivity contribution is 0.0736. The predicted molar refractivity (Wildman–Crippen MR) is 116 cm³/mol. The topological polar surface area (TPSA) is 157 Å². The number of aliphatic hydroxyl groups is 1. The quantitative estimate of drug-likeness (QED) is 0.400. The number of nitriles is 1. The van der Waals surface area contributed by atoms with Crippen molar-refractivity contribution in [1.29, 1.82) is 10.8 Å². The summed E-state index contributed by atoms with van der Waals surface area (Å²) in [5, 5.41) is 25.3. The molecule has 0 radical (unpaired) electrons. The molecule has 0 bridgehead atoms. The zero-order valence-electron chi connectivity index (χ0n) is 17.8. The summed E-state index contributed by atoms with van der Waals surface area (Å²) < 4.78 is 29.2. The number of nitrogens with zero attached hydrogens (tertiary/aromatic N) is 5. The van der Waals surface area contributed by atoms with Crippen LogP contribution >= 0.6 is 0 Å². The number of rotatable bonds is 7. The van der Waals surface area contributed by atoms with E-state index in [0.717, 1.165) is 0 Å². The van der Waals surface area contributed by atoms with Gasteiger partial charge in [-0.3, -0.25) is 4.98 Å². The van der Waals surface area contributed by atoms with Gasteiger partial charge < -0.3 is 16.2 Å². The number of anilines is 1. The molecule has 0 fully saturated rings. The monoisotopic (exact) mass is 450 g/mol. The zero-order chi connectivity index (χ0) is 24.2. The Hall–Kier alpha value is -4.30. The van der Waals surface area contributed by atoms with E-state index in [0.29, 0.717) is 11.4 Å². The number of pyridine rings is 1. The molecule has 0 aliphatic carbocycles. The first-order valence-electron chi connectivity index (χ1n) is 9.68. The molecule has 0 spiro atoms. The van der Waals surface area contributed by atoms with Crippen molar-refractivity contribution in [1.82, 2.24) is 20.3 Å². The van der Waals surface area contributed by atoms with E-state index in [1.54, 1.807) is 38.1 Å². The Morgan fingerprint density at radius 3 is 2.61 bits per heavy atom. The summed E-state index contributed by atoms with van der Waals surface area (Å²) in [5.41, 5.74) is 12.0. The van der Waals surface area contributed by atoms with E-state index in [9.17, 15) is 13.9 Å². The number of hydrogen-bond donors (Lipinski definition) is 4. The lowest BCUT2D eigenvalue weighted by atomic mass is 10.0. The van der Waals surface area contributed by atoms with Gasteiger partial charge in [-0.1, -0.05) is 12.1 Å². The summed E-state index contributed by atoms with van der Waals surface area (Å²) in [5.74, 6) is -2.72. The molecule has 3 rings (SSSR count). The Morgan fingerprint density at radius 2 is 1.94 bits per heavy atom. The molecule has 0 saturated carbocycles. The van der Waals surface area contributed by atoms with Crippen molar-refractivity contribution in [3.63, 3.8) is 0 Å². The van der Waals surface area contributed by atoms with Crippen LogP contribution in [0.5, 0.6) is 0 Å². The first kappa shape index (κ1) is 23.4. The van der Waals surface area contributed by atoms with Crippen molar-refractivity contribution in [2.45, 2.75) is 26.0 Å². The van der Waals surface area contributed by atoms with Crippen LogP contribution in [0.4, 0.5) is 14.6 Å². The van der Waals surface area contributed by atoms with Crippen LogP contribution in [0.2, 0.25) is 0 Å². The molecule has 33 heavy (non-hydrogen) atoms. The SMILES string of the molecule is CC(C)(O)c1cccc(CN/C=C(\N=N)c2nc(-c3cccc(C#N)c3F)nc(N)c2F)n1. The molecule has 11 heteroatoms. The van der Waals surface area contributed by atoms with Crippen LogP contribution in [0.15, 0.2) is 47.7 Å². The zero-order valence-corrected chi connectivity index (χ0v) is 17.8. The highest BCUT2D eigenvalue weighted by Crippen LogP contribution is 2.27. The number of halogens is 2. The summed E-state index contributed by atoms with van der Waals surface area (Å²) in [6.45, 7) is 3.40. The van der Waals surface area contributed by atoms with Gasteiger partial charge in [0.05, 0.1) is 29.1 Å². The number of nitrogens with one attached hydrogen (secondary N) is 2. The molecule has 5 N–H and O–H groups in total. The Labute approximate surface area is 188 Å². The van der Waals surface area contributed by atoms with E-state index >= 15 is 0 Å². The molecular formula is C22H20F2N8O. The maximum absolute atomic E-state index is 14.7. The minimum atomic E-state index is -1.12. The van der Waals surface area contributed by atoms with E-state index in [1.165, 1.54) is 24.4 Å². The number of nitrogens with two attached hydrogens (primary N) is 1. The maximum Gasteiger partial charge on any atom is 0.193 e. The van der Waals surface area contributed by atoms with Gasteiger partial charge in [0.25, 0.3) is 0 Å². The second-order valence-electron chi connectivity index (χ2n) is 7.47. The largest absolute Gasteiger partial charge is 0.384 e. The molecule has 0 aliphatic rings. The van der Waals surface area contributed by atoms with Crippen LogP contribution in [0.3, 0.4) is 0 Å². The molecule has 0 unspecified atom stereocenters. The van der Waals surface area contributed by atoms with Gasteiger partial charge in [0.2, 0.25) is 0 Å². The third-order valence-electron chi connectivity index (χ3n) is 4.56. The first-order chi connectivity index (χ1) is 15.7. The molecule has 9 nitrogen and oxygen atoms in total. The molecule has 2 heterocycles. The van der Waals surface area contributed by atoms with E-state index in [4.69, 9.17) is 16.5 Å². The highest BCUT2D eigenvalue weighted by atomic mass is 19.1. The standard InChI is InChI=1S/C22H20F2N8O/c1-22(2,33)16-8-4-6-13(29-16)10-28-11-15(32-27)19-18(24)20(26)31-21(30-19)14-7-3-5-12(9-25)17(14)23/h3-8,11,27-28,33H,10H2,1-2H3,(H2,26,30,31)/b15-11-,32-27?. The minimum absolute atomic E-state index is 0.146. The van der Waals surface area contributed by atoms with Gasteiger partial charge in [-0.05, 0) is 38.1 Å². The summed E-state index contributed by atoms with van der Waals surface area (Å²) in [4.78, 5) is 12.1. The van der Waals surface area contributed by atoms with E-state index in [1.807, 2.05) is 0 Å². The Balaban J connectivity index is 1.94. The fourth-order valence-corrected chi connectivity index (χ4v) is 2.87. The summed E-state index contributed by atoms with van der Waals surface area (Å²) in [6, 6.07) is 10.9. The third-order valence-corrected chi connectivity index (χ3v) is 4.56. The molecule has 0 atom stereocenters. The van der Waals surface area contributed by atoms with Crippen LogP contribution in [0.25, 0.3) is 17.1 Å². The molecule has 168 valence electrons. The minimum Gasteiger partial charge on any atom is -0.384 e. The Kier molecular flexibility index (Phi) is 6.69. The van der Waals surface area contributed by atoms with Gasteiger partial charge in [0.15, 0.2) is 23.3 Å². The average Bonchev–Trinajstić information content (AvgIpc) is 2.78. The van der Waals surface area contributed by atoms with Crippen molar-refractivity contribution in [2.75, 3.05) is 5.73 Å². The van der Waals surface area contributed by atoms with Gasteiger partial charge in [0.1, 0.15) is 23.1 Å². The van der Waals surface area contributed by atoms with Crippen LogP contribution < -0.4 is 11.1 Å². The molecule has 0 amide bonds. The normalized spacial score (nSPS) is 11.7. The van der Waals surface area contributed by atoms with Gasteiger partial charge in [-0.25, -0.2) is 24.3 Å². The molecule has 1 aromatic carbocycles. The number of benzene rings is 1. The fraction of sp³-hybridized carbons (Fsp3) is 0.182. The summed E-state index contributed by atoms with van der Waals surface area (Å²) in [6.07, 6.45) is 1.24. The van der Waals surface area contributed by atoms with E-state index < -0.39 is 28.7 Å². The molecule has 3 aromatic rings. The fourth-order valence-electron chi connectivity index (χ4n) is 2.87. The molecule has 0 aliphatic heterocycles. The number of nitrogen functional groups attached to an aromatic ring is 1. The van der Waals surface area contributed by atoms with E-state index in [2.05, 4.69) is 25.4 Å². The third kappa shape index (κ3) is 5.13. The second kappa shape index (κ2) is 9.46. The summed E-state index contributed by atoms with van der Waals surface area (Å²) >= 11 is 0. The lowest BCUT2D eigenvalue weighted by Gasteiger charge is -2.17. The van der Waals surface area contributed by atoms with Crippen molar-refractivity contribution >= 4 is 11.5 Å². The first-order valence-corrected chi connectivity index (χ1v) is 9.68. The average molecular weight is 450 g/mol. The Morgan fingerprint density at radius 1 is 1.21 bits per heavy atom. The van der Waals surface area contributed by atoms with Crippen LogP contribution in [-0.4, -0.2) is 20.1 Å². The smallest absolute Gasteiger partial charge is 0.193 e. The second-order valence-corrected chi connectivity index (χ2v) is 7.47. The Bertz CT molecular complexity index is 1280. The van der Waals surface area contributed by atoms with Gasteiger partial charge >= 0.3 is 0 Å². The van der Waals surface area contributed by atoms with Crippen molar-refractivity contribution in [3.8, 4) is 17.5 Å². The molecular weight excluding hydrogens is 430 g/mol. The number of aromatic nitrogens is 3. The van der Waals surface area contributed by atoms with Gasteiger partial charge in [-0.15, -0.1) is 0 Å². The van der Waals surface area contributed by atoms with E-state index in [-0.39, 0.29) is 29.2 Å². The van der Waals surface area contributed by atoms with Crippen LogP contribution in [0, 0.1) is 28.5 Å². The highest BCUT2D eigenvalue weighted by molar-refractivity contribution is 5.68. The van der Waals surface area contributed by atoms with Gasteiger partial charge in [0, 0.05) is 6.20 Å². The van der Waals surface area contributed by atoms with Crippen LogP contribution in [-0.2, 0) is 12.1 Å². The van der Waals surface area contributed by atoms with Crippen molar-refractivity contribution in [2.24, 2.45) is 5.11 Å². The van der Waals surface area contributed by atoms with Crippen molar-refractivity contribution < 1.29 is 13.9 Å². The van der Waals surface area contributed by atoms with Gasteiger partial charge in [-0.2, -0.15) is 10.4 Å². The van der Waals surface area contributed by atoms with Crippen LogP contribution in [0.1, 0.15) is 36.5 Å². The molecule has 0 saturated heterocycles. The number of hydrogen-bond acceptors (Lipinski definition) is 9. The predicted octanol–water partition coefficient (Wildman–Crippen LogP) is 3.62. The maximum atomic E-state index is 14.7. The van der Waals surface area contributed by atoms with Crippen molar-refractivity contribution in [3.05, 3.63) is 76.9 Å². The molecule has 2 aromatic heterocycles.